The number of halogens is 1. The minimum absolute atomic E-state index is 0.0307. The van der Waals surface area contributed by atoms with Crippen LogP contribution in [0, 0.1) is 0 Å². The zero-order valence-corrected chi connectivity index (χ0v) is 11.2. The summed E-state index contributed by atoms with van der Waals surface area (Å²) >= 11 is 5.79. The first-order valence-corrected chi connectivity index (χ1v) is 6.38. The Morgan fingerprint density at radius 2 is 1.94 bits per heavy atom. The average molecular weight is 274 g/mol. The summed E-state index contributed by atoms with van der Waals surface area (Å²) in [5, 5.41) is 22.5. The van der Waals surface area contributed by atoms with Gasteiger partial charge in [0, 0.05) is 17.6 Å². The van der Waals surface area contributed by atoms with Crippen molar-refractivity contribution in [2.45, 2.75) is 19.1 Å². The molecule has 18 heavy (non-hydrogen) atoms. The highest BCUT2D eigenvalue weighted by molar-refractivity contribution is 6.30. The second-order valence-electron chi connectivity index (χ2n) is 4.08. The highest BCUT2D eigenvalue weighted by atomic mass is 35.5. The van der Waals surface area contributed by atoms with Gasteiger partial charge in [-0.2, -0.15) is 0 Å². The highest BCUT2D eigenvalue weighted by Gasteiger charge is 2.15. The fourth-order valence-electron chi connectivity index (χ4n) is 1.59. The summed E-state index contributed by atoms with van der Waals surface area (Å²) in [5.74, 6) is 0. The molecule has 1 aromatic carbocycles. The number of aliphatic hydroxyl groups is 2. The maximum absolute atomic E-state index is 10.1. The van der Waals surface area contributed by atoms with Crippen molar-refractivity contribution in [3.05, 3.63) is 34.9 Å². The Kier molecular flexibility index (Phi) is 7.23. The van der Waals surface area contributed by atoms with Crippen molar-refractivity contribution >= 4 is 11.6 Å². The largest absolute Gasteiger partial charge is 0.394 e. The van der Waals surface area contributed by atoms with Crippen LogP contribution in [0.4, 0.5) is 0 Å². The molecule has 0 aliphatic heterocycles. The van der Waals surface area contributed by atoms with Crippen LogP contribution < -0.4 is 5.32 Å². The third-order valence-corrected chi connectivity index (χ3v) is 2.89. The van der Waals surface area contributed by atoms with Gasteiger partial charge in [-0.3, -0.25) is 0 Å². The molecule has 0 radical (unpaired) electrons. The smallest absolute Gasteiger partial charge is 0.0940 e. The number of ether oxygens (including phenoxy) is 1. The van der Waals surface area contributed by atoms with E-state index in [0.717, 1.165) is 5.56 Å². The number of rotatable bonds is 8. The first-order valence-electron chi connectivity index (χ1n) is 6.00. The zero-order chi connectivity index (χ0) is 13.4. The van der Waals surface area contributed by atoms with Crippen molar-refractivity contribution in [2.75, 3.05) is 26.4 Å². The van der Waals surface area contributed by atoms with Gasteiger partial charge in [0.1, 0.15) is 0 Å². The fourth-order valence-corrected chi connectivity index (χ4v) is 1.71. The van der Waals surface area contributed by atoms with Crippen molar-refractivity contribution in [3.8, 4) is 0 Å². The summed E-state index contributed by atoms with van der Waals surface area (Å²) in [4.78, 5) is 0. The molecule has 0 fully saturated rings. The third-order valence-electron chi connectivity index (χ3n) is 2.63. The Labute approximate surface area is 113 Å². The van der Waals surface area contributed by atoms with Crippen LogP contribution in [0.25, 0.3) is 0 Å². The van der Waals surface area contributed by atoms with Gasteiger partial charge >= 0.3 is 0 Å². The lowest BCUT2D eigenvalue weighted by Gasteiger charge is -2.20. The molecule has 5 heteroatoms. The SMILES string of the molecule is CC(NCCOCCO)C(O)c1ccc(Cl)cc1. The quantitative estimate of drug-likeness (QED) is 0.626. The van der Waals surface area contributed by atoms with Gasteiger partial charge in [0.25, 0.3) is 0 Å². The van der Waals surface area contributed by atoms with Crippen LogP contribution >= 0.6 is 11.6 Å². The molecular formula is C13H20ClNO3. The van der Waals surface area contributed by atoms with E-state index in [1.54, 1.807) is 12.1 Å². The van der Waals surface area contributed by atoms with E-state index in [1.807, 2.05) is 19.1 Å². The van der Waals surface area contributed by atoms with Gasteiger partial charge in [-0.1, -0.05) is 23.7 Å². The molecule has 4 nitrogen and oxygen atoms in total. The summed E-state index contributed by atoms with van der Waals surface area (Å²) < 4.78 is 5.12. The molecule has 0 aliphatic carbocycles. The van der Waals surface area contributed by atoms with Crippen molar-refractivity contribution in [3.63, 3.8) is 0 Å². The van der Waals surface area contributed by atoms with Crippen LogP contribution in [-0.2, 0) is 4.74 Å². The van der Waals surface area contributed by atoms with E-state index >= 15 is 0 Å². The molecule has 0 spiro atoms. The second kappa shape index (κ2) is 8.45. The predicted molar refractivity (Wildman–Crippen MR) is 71.8 cm³/mol. The van der Waals surface area contributed by atoms with E-state index in [2.05, 4.69) is 5.32 Å². The fraction of sp³-hybridized carbons (Fsp3) is 0.538. The topological polar surface area (TPSA) is 61.7 Å². The Bertz CT molecular complexity index is 332. The monoisotopic (exact) mass is 273 g/mol. The van der Waals surface area contributed by atoms with E-state index in [0.29, 0.717) is 24.8 Å². The van der Waals surface area contributed by atoms with Crippen molar-refractivity contribution in [2.24, 2.45) is 0 Å². The van der Waals surface area contributed by atoms with Crippen LogP contribution in [0.5, 0.6) is 0 Å². The molecule has 0 aliphatic rings. The number of benzene rings is 1. The standard InChI is InChI=1S/C13H20ClNO3/c1-10(15-6-8-18-9-7-16)13(17)11-2-4-12(14)5-3-11/h2-5,10,13,15-17H,6-9H2,1H3. The molecule has 0 heterocycles. The van der Waals surface area contributed by atoms with E-state index < -0.39 is 6.10 Å². The van der Waals surface area contributed by atoms with Crippen LogP contribution in [0.15, 0.2) is 24.3 Å². The van der Waals surface area contributed by atoms with Crippen molar-refractivity contribution in [1.82, 2.24) is 5.32 Å². The summed E-state index contributed by atoms with van der Waals surface area (Å²) in [6.07, 6.45) is -0.583. The normalized spacial score (nSPS) is 14.4. The van der Waals surface area contributed by atoms with Gasteiger partial charge in [0.05, 0.1) is 25.9 Å². The van der Waals surface area contributed by atoms with E-state index in [9.17, 15) is 5.11 Å². The van der Waals surface area contributed by atoms with Crippen LogP contribution in [0.1, 0.15) is 18.6 Å². The molecule has 102 valence electrons. The van der Waals surface area contributed by atoms with Gasteiger partial charge < -0.3 is 20.3 Å². The highest BCUT2D eigenvalue weighted by Crippen LogP contribution is 2.19. The molecular weight excluding hydrogens is 254 g/mol. The first-order chi connectivity index (χ1) is 8.65. The number of aliphatic hydroxyl groups excluding tert-OH is 2. The minimum atomic E-state index is -0.583. The number of nitrogens with one attached hydrogen (secondary N) is 1. The average Bonchev–Trinajstić information content (AvgIpc) is 2.38. The molecule has 2 unspecified atom stereocenters. The molecule has 3 N–H and O–H groups in total. The summed E-state index contributed by atoms with van der Waals surface area (Å²) in [5.41, 5.74) is 0.829. The maximum atomic E-state index is 10.1. The third kappa shape index (κ3) is 5.33. The lowest BCUT2D eigenvalue weighted by molar-refractivity contribution is 0.0849. The van der Waals surface area contributed by atoms with Gasteiger partial charge in [0.2, 0.25) is 0 Å². The summed E-state index contributed by atoms with van der Waals surface area (Å²) in [6, 6.07) is 7.07. The molecule has 0 saturated carbocycles. The van der Waals surface area contributed by atoms with Gasteiger partial charge in [-0.05, 0) is 24.6 Å². The van der Waals surface area contributed by atoms with Crippen LogP contribution in [0.3, 0.4) is 0 Å². The van der Waals surface area contributed by atoms with E-state index in [1.165, 1.54) is 0 Å². The lowest BCUT2D eigenvalue weighted by Crippen LogP contribution is -2.34. The van der Waals surface area contributed by atoms with Crippen LogP contribution in [0.2, 0.25) is 5.02 Å². The lowest BCUT2D eigenvalue weighted by atomic mass is 10.0. The molecule has 0 amide bonds. The van der Waals surface area contributed by atoms with Crippen molar-refractivity contribution < 1.29 is 14.9 Å². The molecule has 0 saturated heterocycles. The Hall–Kier alpha value is -0.650. The van der Waals surface area contributed by atoms with Crippen molar-refractivity contribution in [1.29, 1.82) is 0 Å². The van der Waals surface area contributed by atoms with Gasteiger partial charge in [-0.15, -0.1) is 0 Å². The maximum Gasteiger partial charge on any atom is 0.0940 e. The molecule has 0 aromatic heterocycles. The molecule has 1 aromatic rings. The predicted octanol–water partition coefficient (Wildman–Crippen LogP) is 1.36. The van der Waals surface area contributed by atoms with E-state index in [-0.39, 0.29) is 12.6 Å². The Morgan fingerprint density at radius 1 is 1.28 bits per heavy atom. The summed E-state index contributed by atoms with van der Waals surface area (Å²) in [6.45, 7) is 3.42. The second-order valence-corrected chi connectivity index (χ2v) is 4.51. The molecule has 0 bridgehead atoms. The minimum Gasteiger partial charge on any atom is -0.394 e. The van der Waals surface area contributed by atoms with Crippen LogP contribution in [-0.4, -0.2) is 42.6 Å². The Morgan fingerprint density at radius 3 is 2.56 bits per heavy atom. The summed E-state index contributed by atoms with van der Waals surface area (Å²) in [7, 11) is 0. The first kappa shape index (κ1) is 15.4. The molecule has 2 atom stereocenters. The number of hydrogen-bond acceptors (Lipinski definition) is 4. The van der Waals surface area contributed by atoms with E-state index in [4.69, 9.17) is 21.4 Å². The van der Waals surface area contributed by atoms with Gasteiger partial charge in [-0.25, -0.2) is 0 Å². The van der Waals surface area contributed by atoms with Gasteiger partial charge in [0.15, 0.2) is 0 Å². The number of hydrogen-bond donors (Lipinski definition) is 3. The zero-order valence-electron chi connectivity index (χ0n) is 10.5. The molecule has 1 rings (SSSR count). The Balaban J connectivity index is 2.32.